The molecule has 0 saturated carbocycles. The third-order valence-corrected chi connectivity index (χ3v) is 3.23. The fourth-order valence-electron chi connectivity index (χ4n) is 1.95. The van der Waals surface area contributed by atoms with Crippen molar-refractivity contribution >= 4 is 17.8 Å². The van der Waals surface area contributed by atoms with Crippen LogP contribution in [0.2, 0.25) is 0 Å². The Balaban J connectivity index is 3.10. The zero-order valence-electron chi connectivity index (χ0n) is 11.9. The molecule has 7 nitrogen and oxygen atoms in total. The average molecular weight is 294 g/mol. The third-order valence-electron chi connectivity index (χ3n) is 3.23. The molecule has 114 valence electrons. The first-order valence-electron chi connectivity index (χ1n) is 6.35. The highest BCUT2D eigenvalue weighted by Gasteiger charge is 2.42. The van der Waals surface area contributed by atoms with Gasteiger partial charge in [0.05, 0.1) is 0 Å². The second-order valence-electron chi connectivity index (χ2n) is 4.70. The summed E-state index contributed by atoms with van der Waals surface area (Å²) in [5, 5.41) is 19.1. The van der Waals surface area contributed by atoms with E-state index in [0.29, 0.717) is 5.56 Å². The van der Waals surface area contributed by atoms with Crippen molar-refractivity contribution in [1.82, 2.24) is 10.4 Å². The summed E-state index contributed by atoms with van der Waals surface area (Å²) in [5.74, 6) is -2.93. The Kier molecular flexibility index (Phi) is 5.43. The smallest absolute Gasteiger partial charge is 0.330 e. The van der Waals surface area contributed by atoms with Crippen molar-refractivity contribution in [2.45, 2.75) is 25.3 Å². The van der Waals surface area contributed by atoms with Gasteiger partial charge in [0.1, 0.15) is 0 Å². The van der Waals surface area contributed by atoms with Gasteiger partial charge in [-0.05, 0) is 25.5 Å². The summed E-state index contributed by atoms with van der Waals surface area (Å²) in [5.41, 5.74) is 1.20. The highest BCUT2D eigenvalue weighted by atomic mass is 16.4. The van der Waals surface area contributed by atoms with Crippen LogP contribution in [-0.4, -0.2) is 45.7 Å². The summed E-state index contributed by atoms with van der Waals surface area (Å²) in [4.78, 5) is 34.7. The molecule has 1 atom stereocenters. The fourth-order valence-corrected chi connectivity index (χ4v) is 1.95. The number of hydrogen-bond donors (Lipinski definition) is 3. The lowest BCUT2D eigenvalue weighted by atomic mass is 9.94. The maximum atomic E-state index is 12.4. The van der Waals surface area contributed by atoms with Crippen LogP contribution < -0.4 is 5.43 Å². The van der Waals surface area contributed by atoms with Crippen LogP contribution in [0.3, 0.4) is 0 Å². The van der Waals surface area contributed by atoms with E-state index >= 15 is 0 Å². The van der Waals surface area contributed by atoms with E-state index in [1.807, 2.05) is 0 Å². The average Bonchev–Trinajstić information content (AvgIpc) is 2.46. The zero-order valence-corrected chi connectivity index (χ0v) is 11.9. The number of carbonyl (C=O) groups excluding carboxylic acids is 1. The zero-order chi connectivity index (χ0) is 16.0. The summed E-state index contributed by atoms with van der Waals surface area (Å²) in [6, 6.07) is 8.19. The highest BCUT2D eigenvalue weighted by Crippen LogP contribution is 2.22. The van der Waals surface area contributed by atoms with Crippen LogP contribution in [0, 0.1) is 0 Å². The number of carboxylic acids is 2. The molecule has 0 heterocycles. The van der Waals surface area contributed by atoms with Crippen molar-refractivity contribution in [2.75, 3.05) is 7.05 Å². The number of rotatable bonds is 7. The minimum atomic E-state index is -1.67. The maximum absolute atomic E-state index is 12.4. The summed E-state index contributed by atoms with van der Waals surface area (Å²) in [7, 11) is 1.42. The quantitative estimate of drug-likeness (QED) is 0.647. The molecule has 0 spiro atoms. The van der Waals surface area contributed by atoms with Gasteiger partial charge < -0.3 is 10.2 Å². The number of nitrogens with one attached hydrogen (secondary N) is 1. The second-order valence-corrected chi connectivity index (χ2v) is 4.70. The summed E-state index contributed by atoms with van der Waals surface area (Å²) in [6.07, 6.45) is -0.569. The van der Waals surface area contributed by atoms with E-state index in [1.165, 1.54) is 14.0 Å². The molecule has 3 N–H and O–H groups in total. The van der Waals surface area contributed by atoms with Crippen molar-refractivity contribution in [3.05, 3.63) is 35.9 Å². The van der Waals surface area contributed by atoms with Gasteiger partial charge in [-0.1, -0.05) is 18.2 Å². The summed E-state index contributed by atoms with van der Waals surface area (Å²) >= 11 is 0. The number of hydrazine groups is 1. The monoisotopic (exact) mass is 294 g/mol. The number of aliphatic carboxylic acids is 2. The lowest BCUT2D eigenvalue weighted by Crippen LogP contribution is -2.60. The Bertz CT molecular complexity index is 531. The Hall–Kier alpha value is -2.41. The minimum Gasteiger partial charge on any atom is -0.481 e. The first-order chi connectivity index (χ1) is 9.82. The molecule has 1 aromatic carbocycles. The van der Waals surface area contributed by atoms with Crippen molar-refractivity contribution < 1.29 is 24.6 Å². The third kappa shape index (κ3) is 3.79. The van der Waals surface area contributed by atoms with Crippen LogP contribution in [0.15, 0.2) is 30.3 Å². The SMILES string of the molecule is CNN(C(=O)c1ccccc1)[C@@](C)(CCC(=O)O)C(=O)O. The van der Waals surface area contributed by atoms with E-state index in [1.54, 1.807) is 30.3 Å². The highest BCUT2D eigenvalue weighted by molar-refractivity contribution is 5.97. The molecule has 0 aliphatic carbocycles. The van der Waals surface area contributed by atoms with Crippen molar-refractivity contribution in [3.8, 4) is 0 Å². The van der Waals surface area contributed by atoms with E-state index in [9.17, 15) is 19.5 Å². The topological polar surface area (TPSA) is 107 Å². The lowest BCUT2D eigenvalue weighted by Gasteiger charge is -2.36. The number of carbonyl (C=O) groups is 3. The van der Waals surface area contributed by atoms with E-state index in [0.717, 1.165) is 5.01 Å². The molecule has 0 fully saturated rings. The van der Waals surface area contributed by atoms with Gasteiger partial charge in [0.15, 0.2) is 5.54 Å². The first-order valence-corrected chi connectivity index (χ1v) is 6.35. The van der Waals surface area contributed by atoms with Gasteiger partial charge in [-0.2, -0.15) is 0 Å². The molecule has 1 rings (SSSR count). The molecule has 7 heteroatoms. The fraction of sp³-hybridized carbons (Fsp3) is 0.357. The Morgan fingerprint density at radius 1 is 1.19 bits per heavy atom. The number of amides is 1. The van der Waals surface area contributed by atoms with Crippen LogP contribution >= 0.6 is 0 Å². The van der Waals surface area contributed by atoms with Crippen LogP contribution in [0.25, 0.3) is 0 Å². The Labute approximate surface area is 122 Å². The molecular formula is C14H18N2O5. The minimum absolute atomic E-state index is 0.211. The summed E-state index contributed by atoms with van der Waals surface area (Å²) < 4.78 is 0. The summed E-state index contributed by atoms with van der Waals surface area (Å²) in [6.45, 7) is 1.32. The predicted octanol–water partition coefficient (Wildman–Crippen LogP) is 0.971. The van der Waals surface area contributed by atoms with Gasteiger partial charge in [-0.3, -0.25) is 14.6 Å². The van der Waals surface area contributed by atoms with Crippen LogP contribution in [-0.2, 0) is 9.59 Å². The molecular weight excluding hydrogens is 276 g/mol. The van der Waals surface area contributed by atoms with E-state index in [2.05, 4.69) is 5.43 Å². The molecule has 0 radical (unpaired) electrons. The molecule has 1 amide bonds. The second kappa shape index (κ2) is 6.85. The molecule has 0 saturated heterocycles. The Morgan fingerprint density at radius 3 is 2.19 bits per heavy atom. The number of nitrogens with zero attached hydrogens (tertiary/aromatic N) is 1. The van der Waals surface area contributed by atoms with E-state index < -0.39 is 23.4 Å². The molecule has 1 aromatic rings. The molecule has 0 aromatic heterocycles. The Morgan fingerprint density at radius 2 is 1.76 bits per heavy atom. The van der Waals surface area contributed by atoms with Gasteiger partial charge in [0, 0.05) is 19.0 Å². The standard InChI is InChI=1S/C14H18N2O5/c1-14(13(20)21,9-8-11(17)18)16(15-2)12(19)10-6-4-3-5-7-10/h3-7,15H,8-9H2,1-2H3,(H,17,18)(H,20,21)/t14-/m0/s1. The normalized spacial score (nSPS) is 13.2. The lowest BCUT2D eigenvalue weighted by molar-refractivity contribution is -0.152. The van der Waals surface area contributed by atoms with Crippen LogP contribution in [0.5, 0.6) is 0 Å². The molecule has 0 unspecified atom stereocenters. The van der Waals surface area contributed by atoms with Gasteiger partial charge in [0.25, 0.3) is 5.91 Å². The van der Waals surface area contributed by atoms with Gasteiger partial charge in [-0.25, -0.2) is 10.2 Å². The van der Waals surface area contributed by atoms with Crippen molar-refractivity contribution in [1.29, 1.82) is 0 Å². The van der Waals surface area contributed by atoms with Crippen LogP contribution in [0.1, 0.15) is 30.1 Å². The first kappa shape index (κ1) is 16.6. The molecule has 0 aliphatic heterocycles. The predicted molar refractivity (Wildman–Crippen MR) is 74.6 cm³/mol. The molecule has 0 aliphatic rings. The van der Waals surface area contributed by atoms with Crippen LogP contribution in [0.4, 0.5) is 0 Å². The van der Waals surface area contributed by atoms with E-state index in [4.69, 9.17) is 5.11 Å². The van der Waals surface area contributed by atoms with E-state index in [-0.39, 0.29) is 12.8 Å². The van der Waals surface area contributed by atoms with Crippen molar-refractivity contribution in [3.63, 3.8) is 0 Å². The van der Waals surface area contributed by atoms with Crippen molar-refractivity contribution in [2.24, 2.45) is 0 Å². The van der Waals surface area contributed by atoms with Gasteiger partial charge >= 0.3 is 11.9 Å². The number of carboxylic acid groups (broad SMARTS) is 2. The number of benzene rings is 1. The maximum Gasteiger partial charge on any atom is 0.330 e. The van der Waals surface area contributed by atoms with Gasteiger partial charge in [0.2, 0.25) is 0 Å². The molecule has 21 heavy (non-hydrogen) atoms. The van der Waals surface area contributed by atoms with Gasteiger partial charge in [-0.15, -0.1) is 0 Å². The molecule has 0 bridgehead atoms. The number of hydrogen-bond acceptors (Lipinski definition) is 4. The largest absolute Gasteiger partial charge is 0.481 e.